The minimum Gasteiger partial charge on any atom is -0.306 e. The minimum absolute atomic E-state index is 0.590. The molecule has 1 N–H and O–H groups in total. The van der Waals surface area contributed by atoms with E-state index >= 15 is 0 Å². The minimum atomic E-state index is 0.590. The van der Waals surface area contributed by atoms with Crippen LogP contribution >= 0.6 is 0 Å². The van der Waals surface area contributed by atoms with Gasteiger partial charge in [0.2, 0.25) is 0 Å². The van der Waals surface area contributed by atoms with Gasteiger partial charge in [0.15, 0.2) is 5.82 Å². The lowest BCUT2D eigenvalue weighted by atomic mass is 10.1. The van der Waals surface area contributed by atoms with E-state index in [2.05, 4.69) is 27.3 Å². The van der Waals surface area contributed by atoms with Crippen molar-refractivity contribution in [2.45, 2.75) is 25.4 Å². The summed E-state index contributed by atoms with van der Waals surface area (Å²) in [7, 11) is 4.07. The molecule has 0 radical (unpaired) electrons. The number of hydrogen-bond acceptors (Lipinski definition) is 4. The lowest BCUT2D eigenvalue weighted by molar-refractivity contribution is 0.226. The Labute approximate surface area is 90.5 Å². The highest BCUT2D eigenvalue weighted by Gasteiger charge is 2.16. The zero-order valence-electron chi connectivity index (χ0n) is 9.48. The second-order valence-electron chi connectivity index (χ2n) is 4.32. The number of hydrogen-bond donors (Lipinski definition) is 1. The molecular weight excluding hydrogens is 190 g/mol. The van der Waals surface area contributed by atoms with Gasteiger partial charge in [0.1, 0.15) is 6.33 Å². The monoisotopic (exact) mass is 209 g/mol. The van der Waals surface area contributed by atoms with E-state index in [0.717, 1.165) is 18.9 Å². The van der Waals surface area contributed by atoms with Crippen LogP contribution in [0.5, 0.6) is 0 Å². The SMILES string of the molecule is CN1CCCC(NCc2ncn(C)n2)C1. The molecule has 1 atom stereocenters. The van der Waals surface area contributed by atoms with Crippen molar-refractivity contribution in [2.24, 2.45) is 7.05 Å². The summed E-state index contributed by atoms with van der Waals surface area (Å²) in [5.41, 5.74) is 0. The molecule has 84 valence electrons. The molecule has 1 unspecified atom stereocenters. The fourth-order valence-electron chi connectivity index (χ4n) is 2.03. The Hall–Kier alpha value is -0.940. The maximum absolute atomic E-state index is 4.24. The van der Waals surface area contributed by atoms with Gasteiger partial charge in [-0.1, -0.05) is 0 Å². The normalized spacial score (nSPS) is 23.2. The van der Waals surface area contributed by atoms with Crippen LogP contribution in [0.2, 0.25) is 0 Å². The van der Waals surface area contributed by atoms with Crippen molar-refractivity contribution < 1.29 is 0 Å². The molecule has 1 saturated heterocycles. The van der Waals surface area contributed by atoms with E-state index in [4.69, 9.17) is 0 Å². The average Bonchev–Trinajstić information content (AvgIpc) is 2.62. The van der Waals surface area contributed by atoms with E-state index in [9.17, 15) is 0 Å². The van der Waals surface area contributed by atoms with Crippen molar-refractivity contribution in [3.63, 3.8) is 0 Å². The van der Waals surface area contributed by atoms with E-state index in [-0.39, 0.29) is 0 Å². The van der Waals surface area contributed by atoms with Gasteiger partial charge >= 0.3 is 0 Å². The third-order valence-corrected chi connectivity index (χ3v) is 2.82. The van der Waals surface area contributed by atoms with Crippen LogP contribution < -0.4 is 5.32 Å². The van der Waals surface area contributed by atoms with Gasteiger partial charge in [-0.05, 0) is 26.4 Å². The van der Waals surface area contributed by atoms with Crippen LogP contribution in [-0.4, -0.2) is 45.8 Å². The van der Waals surface area contributed by atoms with E-state index in [1.165, 1.54) is 19.4 Å². The van der Waals surface area contributed by atoms with Gasteiger partial charge in [0.05, 0.1) is 6.54 Å². The van der Waals surface area contributed by atoms with Crippen LogP contribution in [0.4, 0.5) is 0 Å². The first-order chi connectivity index (χ1) is 7.24. The molecule has 0 spiro atoms. The van der Waals surface area contributed by atoms with Crippen LogP contribution in [0.15, 0.2) is 6.33 Å². The highest BCUT2D eigenvalue weighted by Crippen LogP contribution is 2.08. The van der Waals surface area contributed by atoms with Crippen LogP contribution in [0.3, 0.4) is 0 Å². The van der Waals surface area contributed by atoms with Crippen molar-refractivity contribution in [2.75, 3.05) is 20.1 Å². The maximum Gasteiger partial charge on any atom is 0.164 e. The molecule has 0 aliphatic carbocycles. The Balaban J connectivity index is 1.77. The quantitative estimate of drug-likeness (QED) is 0.761. The van der Waals surface area contributed by atoms with Gasteiger partial charge < -0.3 is 10.2 Å². The first-order valence-electron chi connectivity index (χ1n) is 5.50. The molecule has 0 saturated carbocycles. The summed E-state index contributed by atoms with van der Waals surface area (Å²) >= 11 is 0. The summed E-state index contributed by atoms with van der Waals surface area (Å²) in [6.07, 6.45) is 4.28. The predicted octanol–water partition coefficient (Wildman–Crippen LogP) is -0.00110. The molecular formula is C10H19N5. The highest BCUT2D eigenvalue weighted by atomic mass is 15.3. The van der Waals surface area contributed by atoms with E-state index in [0.29, 0.717) is 6.04 Å². The number of aromatic nitrogens is 3. The Morgan fingerprint density at radius 3 is 3.07 bits per heavy atom. The summed E-state index contributed by atoms with van der Waals surface area (Å²) in [6, 6.07) is 0.590. The number of likely N-dealkylation sites (N-methyl/N-ethyl adjacent to an activating group) is 1. The fourth-order valence-corrected chi connectivity index (χ4v) is 2.03. The van der Waals surface area contributed by atoms with Gasteiger partial charge in [-0.25, -0.2) is 4.98 Å². The zero-order chi connectivity index (χ0) is 10.7. The number of rotatable bonds is 3. The lowest BCUT2D eigenvalue weighted by Crippen LogP contribution is -2.43. The smallest absolute Gasteiger partial charge is 0.164 e. The van der Waals surface area contributed by atoms with Crippen molar-refractivity contribution in [3.8, 4) is 0 Å². The Bertz CT molecular complexity index is 309. The van der Waals surface area contributed by atoms with Gasteiger partial charge in [-0.3, -0.25) is 4.68 Å². The number of nitrogens with one attached hydrogen (secondary N) is 1. The van der Waals surface area contributed by atoms with E-state index in [1.807, 2.05) is 7.05 Å². The van der Waals surface area contributed by atoms with Gasteiger partial charge in [-0.15, -0.1) is 0 Å². The second kappa shape index (κ2) is 4.72. The van der Waals surface area contributed by atoms with Crippen molar-refractivity contribution >= 4 is 0 Å². The van der Waals surface area contributed by atoms with Crippen LogP contribution in [0.1, 0.15) is 18.7 Å². The third-order valence-electron chi connectivity index (χ3n) is 2.82. The van der Waals surface area contributed by atoms with Crippen molar-refractivity contribution in [1.29, 1.82) is 0 Å². The molecule has 1 aliphatic rings. The molecule has 2 rings (SSSR count). The van der Waals surface area contributed by atoms with E-state index in [1.54, 1.807) is 11.0 Å². The Kier molecular flexibility index (Phi) is 3.33. The molecule has 2 heterocycles. The van der Waals surface area contributed by atoms with Gasteiger partial charge in [0.25, 0.3) is 0 Å². The summed E-state index contributed by atoms with van der Waals surface area (Å²) in [5.74, 6) is 0.880. The molecule has 1 aromatic heterocycles. The van der Waals surface area contributed by atoms with Crippen molar-refractivity contribution in [3.05, 3.63) is 12.2 Å². The summed E-state index contributed by atoms with van der Waals surface area (Å²) in [6.45, 7) is 3.13. The van der Waals surface area contributed by atoms with E-state index < -0.39 is 0 Å². The van der Waals surface area contributed by atoms with Crippen LogP contribution in [0.25, 0.3) is 0 Å². The molecule has 0 aromatic carbocycles. The molecule has 1 fully saturated rings. The topological polar surface area (TPSA) is 46.0 Å². The fraction of sp³-hybridized carbons (Fsp3) is 0.800. The standard InChI is InChI=1S/C10H19N5/c1-14-5-3-4-9(7-14)11-6-10-12-8-15(2)13-10/h8-9,11H,3-7H2,1-2H3. The van der Waals surface area contributed by atoms with Gasteiger partial charge in [-0.2, -0.15) is 5.10 Å². The summed E-state index contributed by atoms with van der Waals surface area (Å²) < 4.78 is 1.74. The second-order valence-corrected chi connectivity index (χ2v) is 4.32. The van der Waals surface area contributed by atoms with Crippen LogP contribution in [0, 0.1) is 0 Å². The molecule has 0 bridgehead atoms. The number of likely N-dealkylation sites (tertiary alicyclic amines) is 1. The first-order valence-corrected chi connectivity index (χ1v) is 5.50. The maximum atomic E-state index is 4.24. The molecule has 1 aromatic rings. The predicted molar refractivity (Wildman–Crippen MR) is 58.4 cm³/mol. The molecule has 0 amide bonds. The summed E-state index contributed by atoms with van der Waals surface area (Å²) in [4.78, 5) is 6.56. The number of nitrogens with zero attached hydrogens (tertiary/aromatic N) is 4. The molecule has 15 heavy (non-hydrogen) atoms. The summed E-state index contributed by atoms with van der Waals surface area (Å²) in [5, 5.41) is 7.75. The molecule has 1 aliphatic heterocycles. The zero-order valence-corrected chi connectivity index (χ0v) is 9.48. The van der Waals surface area contributed by atoms with Gasteiger partial charge in [0, 0.05) is 19.6 Å². The molecule has 5 heteroatoms. The average molecular weight is 209 g/mol. The van der Waals surface area contributed by atoms with Crippen molar-refractivity contribution in [1.82, 2.24) is 25.0 Å². The lowest BCUT2D eigenvalue weighted by Gasteiger charge is -2.30. The Morgan fingerprint density at radius 2 is 2.40 bits per heavy atom. The third kappa shape index (κ3) is 3.00. The highest BCUT2D eigenvalue weighted by molar-refractivity contribution is 4.83. The number of piperidine rings is 1. The molecule has 5 nitrogen and oxygen atoms in total. The first kappa shape index (κ1) is 10.6. The number of aryl methyl sites for hydroxylation is 1. The largest absolute Gasteiger partial charge is 0.306 e. The Morgan fingerprint density at radius 1 is 1.53 bits per heavy atom. The van der Waals surface area contributed by atoms with Crippen LogP contribution in [-0.2, 0) is 13.6 Å².